The van der Waals surface area contributed by atoms with Gasteiger partial charge in [0.15, 0.2) is 0 Å². The lowest BCUT2D eigenvalue weighted by Crippen LogP contribution is -2.47. The van der Waals surface area contributed by atoms with Crippen molar-refractivity contribution in [3.05, 3.63) is 0 Å². The lowest BCUT2D eigenvalue weighted by Gasteiger charge is -2.31. The average molecular weight is 275 g/mol. The second-order valence-corrected chi connectivity index (χ2v) is 7.37. The van der Waals surface area contributed by atoms with Crippen LogP contribution in [0.15, 0.2) is 0 Å². The van der Waals surface area contributed by atoms with Crippen LogP contribution in [-0.4, -0.2) is 53.2 Å². The van der Waals surface area contributed by atoms with E-state index in [1.54, 1.807) is 0 Å². The Labute approximate surface area is 113 Å². The third-order valence-corrected chi connectivity index (χ3v) is 6.43. The first-order valence-corrected chi connectivity index (χ1v) is 9.33. The molecule has 4 nitrogen and oxygen atoms in total. The summed E-state index contributed by atoms with van der Waals surface area (Å²) in [5, 5.41) is 0. The molecule has 1 fully saturated rings. The molecule has 0 atom stereocenters. The van der Waals surface area contributed by atoms with Crippen molar-refractivity contribution in [2.75, 3.05) is 39.5 Å². The van der Waals surface area contributed by atoms with Crippen LogP contribution in [0.3, 0.4) is 0 Å². The highest BCUT2D eigenvalue weighted by Gasteiger charge is 2.40. The van der Waals surface area contributed by atoms with E-state index in [0.717, 1.165) is 32.2 Å². The molecule has 1 heterocycles. The number of nitrogens with zero attached hydrogens (tertiary/aromatic N) is 1. The highest BCUT2D eigenvalue weighted by molar-refractivity contribution is 6.60. The van der Waals surface area contributed by atoms with Gasteiger partial charge in [0, 0.05) is 25.8 Å². The number of likely N-dealkylation sites (N-methyl/N-ethyl adjacent to an activating group) is 1. The fraction of sp³-hybridized carbons (Fsp3) is 1.00. The average Bonchev–Trinajstić information content (AvgIpc) is 2.37. The molecule has 0 saturated carbocycles. The van der Waals surface area contributed by atoms with Crippen molar-refractivity contribution in [3.8, 4) is 0 Å². The Morgan fingerprint density at radius 2 is 1.72 bits per heavy atom. The van der Waals surface area contributed by atoms with Gasteiger partial charge >= 0.3 is 8.80 Å². The zero-order valence-electron chi connectivity index (χ0n) is 12.2. The fourth-order valence-electron chi connectivity index (χ4n) is 2.39. The maximum atomic E-state index is 6.07. The van der Waals surface area contributed by atoms with Gasteiger partial charge in [0.05, 0.1) is 6.61 Å². The number of hydrogen-bond donors (Lipinski definition) is 0. The Morgan fingerprint density at radius 3 is 2.33 bits per heavy atom. The molecule has 5 heteroatoms. The molecule has 1 rings (SSSR count). The van der Waals surface area contributed by atoms with Gasteiger partial charge in [-0.1, -0.05) is 13.3 Å². The molecule has 0 aromatic rings. The summed E-state index contributed by atoms with van der Waals surface area (Å²) in [5.74, 6) is 0. The Bertz CT molecular complexity index is 210. The Balaban J connectivity index is 2.58. The maximum absolute atomic E-state index is 6.07. The summed E-state index contributed by atoms with van der Waals surface area (Å²) in [6.45, 7) is 11.6. The molecule has 0 radical (unpaired) electrons. The minimum Gasteiger partial charge on any atom is -0.374 e. The summed E-state index contributed by atoms with van der Waals surface area (Å²) < 4.78 is 17.8. The summed E-state index contributed by atoms with van der Waals surface area (Å²) in [6, 6.07) is 0.973. The van der Waals surface area contributed by atoms with E-state index in [1.807, 2.05) is 13.8 Å². The van der Waals surface area contributed by atoms with Crippen LogP contribution < -0.4 is 0 Å². The van der Waals surface area contributed by atoms with Crippen molar-refractivity contribution < 1.29 is 13.3 Å². The van der Waals surface area contributed by atoms with Crippen molar-refractivity contribution in [2.45, 2.75) is 46.1 Å². The van der Waals surface area contributed by atoms with Gasteiger partial charge in [0.25, 0.3) is 0 Å². The van der Waals surface area contributed by atoms with E-state index in [1.165, 1.54) is 19.4 Å². The Kier molecular flexibility index (Phi) is 8.09. The number of rotatable bonds is 5. The molecule has 0 N–H and O–H groups in total. The smallest absolute Gasteiger partial charge is 0.374 e. The molecule has 0 aromatic heterocycles. The van der Waals surface area contributed by atoms with Gasteiger partial charge in [0.1, 0.15) is 0 Å². The number of hydrogen-bond acceptors (Lipinski definition) is 4. The third kappa shape index (κ3) is 5.36. The van der Waals surface area contributed by atoms with E-state index < -0.39 is 8.80 Å². The van der Waals surface area contributed by atoms with Gasteiger partial charge < -0.3 is 18.2 Å². The Hall–Kier alpha value is 0.0569. The van der Waals surface area contributed by atoms with Crippen molar-refractivity contribution in [2.24, 2.45) is 0 Å². The van der Waals surface area contributed by atoms with Crippen molar-refractivity contribution in [3.63, 3.8) is 0 Å². The monoisotopic (exact) mass is 275 g/mol. The van der Waals surface area contributed by atoms with Crippen LogP contribution in [0.1, 0.15) is 40.0 Å². The minimum atomic E-state index is -2.39. The van der Waals surface area contributed by atoms with E-state index >= 15 is 0 Å². The van der Waals surface area contributed by atoms with Crippen LogP contribution in [0.4, 0.5) is 0 Å². The largest absolute Gasteiger partial charge is 0.500 e. The quantitative estimate of drug-likeness (QED) is 0.722. The van der Waals surface area contributed by atoms with Gasteiger partial charge in [-0.25, -0.2) is 0 Å². The summed E-state index contributed by atoms with van der Waals surface area (Å²) in [7, 11) is -2.39. The first-order chi connectivity index (χ1) is 8.76. The van der Waals surface area contributed by atoms with E-state index in [2.05, 4.69) is 11.8 Å². The molecule has 0 aliphatic carbocycles. The SMILES string of the molecule is CCO[Si]1(OCC)CCCCCN(CC)CCO1. The highest BCUT2D eigenvalue weighted by atomic mass is 28.4. The van der Waals surface area contributed by atoms with Gasteiger partial charge in [-0.05, 0) is 39.8 Å². The summed E-state index contributed by atoms with van der Waals surface area (Å²) >= 11 is 0. The van der Waals surface area contributed by atoms with E-state index in [-0.39, 0.29) is 0 Å². The molecule has 1 aliphatic heterocycles. The predicted octanol–water partition coefficient (Wildman–Crippen LogP) is 2.52. The zero-order chi connectivity index (χ0) is 13.3. The third-order valence-electron chi connectivity index (χ3n) is 3.36. The molecule has 0 aromatic carbocycles. The molecule has 0 amide bonds. The standard InChI is InChI=1S/C13H29NO3Si/c1-4-14-10-8-7-9-13-18(15-5-2,16-6-3)17-12-11-14/h4-13H2,1-3H3. The summed E-state index contributed by atoms with van der Waals surface area (Å²) in [5.41, 5.74) is 0. The van der Waals surface area contributed by atoms with E-state index in [0.29, 0.717) is 13.2 Å². The highest BCUT2D eigenvalue weighted by Crippen LogP contribution is 2.21. The van der Waals surface area contributed by atoms with Crippen LogP contribution in [0.25, 0.3) is 0 Å². The molecule has 0 unspecified atom stereocenters. The first-order valence-electron chi connectivity index (χ1n) is 7.40. The van der Waals surface area contributed by atoms with Crippen molar-refractivity contribution in [1.82, 2.24) is 4.90 Å². The zero-order valence-corrected chi connectivity index (χ0v) is 13.2. The van der Waals surface area contributed by atoms with Crippen LogP contribution in [0.2, 0.25) is 6.04 Å². The van der Waals surface area contributed by atoms with Crippen LogP contribution in [0, 0.1) is 0 Å². The summed E-state index contributed by atoms with van der Waals surface area (Å²) in [6.07, 6.45) is 3.68. The van der Waals surface area contributed by atoms with Crippen LogP contribution in [-0.2, 0) is 13.3 Å². The van der Waals surface area contributed by atoms with Gasteiger partial charge in [-0.15, -0.1) is 0 Å². The van der Waals surface area contributed by atoms with E-state index in [9.17, 15) is 0 Å². The normalized spacial score (nSPS) is 22.8. The van der Waals surface area contributed by atoms with Crippen LogP contribution in [0.5, 0.6) is 0 Å². The van der Waals surface area contributed by atoms with Gasteiger partial charge in [-0.2, -0.15) is 0 Å². The molecule has 18 heavy (non-hydrogen) atoms. The molecule has 0 bridgehead atoms. The van der Waals surface area contributed by atoms with Crippen molar-refractivity contribution >= 4 is 8.80 Å². The molecule has 1 saturated heterocycles. The van der Waals surface area contributed by atoms with Crippen molar-refractivity contribution in [1.29, 1.82) is 0 Å². The van der Waals surface area contributed by atoms with Crippen LogP contribution >= 0.6 is 0 Å². The second kappa shape index (κ2) is 9.04. The lowest BCUT2D eigenvalue weighted by atomic mass is 10.2. The molecule has 108 valence electrons. The maximum Gasteiger partial charge on any atom is 0.500 e. The first kappa shape index (κ1) is 16.1. The molecule has 0 spiro atoms. The van der Waals surface area contributed by atoms with E-state index in [4.69, 9.17) is 13.3 Å². The van der Waals surface area contributed by atoms with Gasteiger partial charge in [0.2, 0.25) is 0 Å². The predicted molar refractivity (Wildman–Crippen MR) is 75.7 cm³/mol. The minimum absolute atomic E-state index is 0.684. The topological polar surface area (TPSA) is 30.9 Å². The fourth-order valence-corrected chi connectivity index (χ4v) is 5.04. The van der Waals surface area contributed by atoms with Gasteiger partial charge in [-0.3, -0.25) is 0 Å². The molecule has 1 aliphatic rings. The second-order valence-electron chi connectivity index (χ2n) is 4.64. The lowest BCUT2D eigenvalue weighted by molar-refractivity contribution is 0.0559. The Morgan fingerprint density at radius 1 is 1.00 bits per heavy atom. The molecular formula is C13H29NO3Si. The molecular weight excluding hydrogens is 246 g/mol. The summed E-state index contributed by atoms with van der Waals surface area (Å²) in [4.78, 5) is 2.45.